The Labute approximate surface area is 89.1 Å². The van der Waals surface area contributed by atoms with E-state index in [1.165, 1.54) is 0 Å². The molecular formula is C10H15ClN2O. The SMILES string of the molecule is CC(C)CCn1cc(C(=O)CCl)cn1. The molecule has 0 amide bonds. The molecule has 1 aromatic heterocycles. The molecule has 1 heterocycles. The van der Waals surface area contributed by atoms with Crippen molar-refractivity contribution in [3.63, 3.8) is 0 Å². The van der Waals surface area contributed by atoms with Crippen LogP contribution in [0.5, 0.6) is 0 Å². The minimum absolute atomic E-state index is 0.0237. The van der Waals surface area contributed by atoms with E-state index in [-0.39, 0.29) is 11.7 Å². The topological polar surface area (TPSA) is 34.9 Å². The zero-order valence-electron chi connectivity index (χ0n) is 8.53. The van der Waals surface area contributed by atoms with Crippen molar-refractivity contribution in [3.8, 4) is 0 Å². The van der Waals surface area contributed by atoms with Gasteiger partial charge in [-0.05, 0) is 12.3 Å². The molecule has 0 aliphatic rings. The summed E-state index contributed by atoms with van der Waals surface area (Å²) >= 11 is 5.44. The monoisotopic (exact) mass is 214 g/mol. The number of carbonyl (C=O) groups is 1. The number of Topliss-reactive ketones (excluding diaryl/α,β-unsaturated/α-hetero) is 1. The number of nitrogens with zero attached hydrogens (tertiary/aromatic N) is 2. The lowest BCUT2D eigenvalue weighted by atomic mass is 10.1. The highest BCUT2D eigenvalue weighted by atomic mass is 35.5. The van der Waals surface area contributed by atoms with Crippen molar-refractivity contribution >= 4 is 17.4 Å². The molecule has 0 atom stereocenters. The van der Waals surface area contributed by atoms with Gasteiger partial charge in [-0.25, -0.2) is 0 Å². The molecule has 14 heavy (non-hydrogen) atoms. The third-order valence-electron chi connectivity index (χ3n) is 2.01. The maximum Gasteiger partial charge on any atom is 0.180 e. The number of rotatable bonds is 5. The van der Waals surface area contributed by atoms with Gasteiger partial charge in [-0.15, -0.1) is 11.6 Å². The van der Waals surface area contributed by atoms with Crippen molar-refractivity contribution in [3.05, 3.63) is 18.0 Å². The number of ketones is 1. The summed E-state index contributed by atoms with van der Waals surface area (Å²) in [5.74, 6) is 0.601. The third kappa shape index (κ3) is 3.14. The van der Waals surface area contributed by atoms with Crippen molar-refractivity contribution < 1.29 is 4.79 Å². The van der Waals surface area contributed by atoms with Crippen LogP contribution in [0.3, 0.4) is 0 Å². The molecule has 1 aromatic rings. The quantitative estimate of drug-likeness (QED) is 0.557. The predicted molar refractivity (Wildman–Crippen MR) is 56.7 cm³/mol. The van der Waals surface area contributed by atoms with Gasteiger partial charge in [0.1, 0.15) is 0 Å². The molecule has 0 N–H and O–H groups in total. The molecule has 0 fully saturated rings. The first-order valence-electron chi connectivity index (χ1n) is 4.75. The van der Waals surface area contributed by atoms with Crippen molar-refractivity contribution in [2.45, 2.75) is 26.8 Å². The summed E-state index contributed by atoms with van der Waals surface area (Å²) in [7, 11) is 0. The Kier molecular flexibility index (Phi) is 4.14. The second kappa shape index (κ2) is 5.15. The molecule has 78 valence electrons. The van der Waals surface area contributed by atoms with Gasteiger partial charge in [-0.1, -0.05) is 13.8 Å². The van der Waals surface area contributed by atoms with E-state index in [2.05, 4.69) is 18.9 Å². The Hall–Kier alpha value is -0.830. The molecule has 0 saturated carbocycles. The van der Waals surface area contributed by atoms with Gasteiger partial charge in [0.15, 0.2) is 5.78 Å². The maximum atomic E-state index is 11.2. The Morgan fingerprint density at radius 3 is 2.93 bits per heavy atom. The minimum atomic E-state index is -0.0672. The molecule has 0 aromatic carbocycles. The van der Waals surface area contributed by atoms with Crippen LogP contribution in [0.2, 0.25) is 0 Å². The van der Waals surface area contributed by atoms with Crippen LogP contribution in [0, 0.1) is 5.92 Å². The smallest absolute Gasteiger partial charge is 0.180 e. The summed E-state index contributed by atoms with van der Waals surface area (Å²) in [5, 5.41) is 4.09. The molecule has 0 unspecified atom stereocenters. The van der Waals surface area contributed by atoms with Gasteiger partial charge in [-0.3, -0.25) is 9.48 Å². The summed E-state index contributed by atoms with van der Waals surface area (Å²) < 4.78 is 1.79. The Morgan fingerprint density at radius 1 is 1.64 bits per heavy atom. The van der Waals surface area contributed by atoms with E-state index in [4.69, 9.17) is 11.6 Å². The Bertz CT molecular complexity index is 307. The lowest BCUT2D eigenvalue weighted by molar-refractivity contribution is 0.102. The summed E-state index contributed by atoms with van der Waals surface area (Å²) in [6.07, 6.45) is 4.40. The first-order valence-corrected chi connectivity index (χ1v) is 5.28. The Morgan fingerprint density at radius 2 is 2.36 bits per heavy atom. The van der Waals surface area contributed by atoms with Crippen molar-refractivity contribution in [1.29, 1.82) is 0 Å². The second-order valence-electron chi connectivity index (χ2n) is 3.73. The summed E-state index contributed by atoms with van der Waals surface area (Å²) in [5.41, 5.74) is 0.601. The summed E-state index contributed by atoms with van der Waals surface area (Å²) in [6.45, 7) is 5.18. The van der Waals surface area contributed by atoms with Crippen LogP contribution in [0.15, 0.2) is 12.4 Å². The highest BCUT2D eigenvalue weighted by Gasteiger charge is 2.06. The number of carbonyl (C=O) groups excluding carboxylic acids is 1. The molecule has 3 nitrogen and oxygen atoms in total. The van der Waals surface area contributed by atoms with Crippen LogP contribution in [-0.2, 0) is 6.54 Å². The summed E-state index contributed by atoms with van der Waals surface area (Å²) in [4.78, 5) is 11.2. The van der Waals surface area contributed by atoms with Gasteiger partial charge < -0.3 is 0 Å². The van der Waals surface area contributed by atoms with Gasteiger partial charge >= 0.3 is 0 Å². The van der Waals surface area contributed by atoms with E-state index < -0.39 is 0 Å². The molecule has 0 saturated heterocycles. The first-order chi connectivity index (χ1) is 6.63. The highest BCUT2D eigenvalue weighted by Crippen LogP contribution is 2.05. The van der Waals surface area contributed by atoms with Crippen LogP contribution >= 0.6 is 11.6 Å². The van der Waals surface area contributed by atoms with E-state index in [1.807, 2.05) is 0 Å². The van der Waals surface area contributed by atoms with E-state index >= 15 is 0 Å². The van der Waals surface area contributed by atoms with Gasteiger partial charge in [-0.2, -0.15) is 5.10 Å². The van der Waals surface area contributed by atoms with Crippen molar-refractivity contribution in [1.82, 2.24) is 9.78 Å². The van der Waals surface area contributed by atoms with Crippen LogP contribution in [0.1, 0.15) is 30.6 Å². The van der Waals surface area contributed by atoms with Crippen molar-refractivity contribution in [2.75, 3.05) is 5.88 Å². The van der Waals surface area contributed by atoms with E-state index in [9.17, 15) is 4.79 Å². The lowest BCUT2D eigenvalue weighted by Gasteiger charge is -2.03. The maximum absolute atomic E-state index is 11.2. The number of halogens is 1. The van der Waals surface area contributed by atoms with Crippen LogP contribution in [-0.4, -0.2) is 21.4 Å². The second-order valence-corrected chi connectivity index (χ2v) is 4.00. The van der Waals surface area contributed by atoms with Gasteiger partial charge in [0, 0.05) is 12.7 Å². The molecule has 0 bridgehead atoms. The molecule has 0 radical (unpaired) electrons. The number of aryl methyl sites for hydroxylation is 1. The van der Waals surface area contributed by atoms with E-state index in [1.54, 1.807) is 17.1 Å². The fraction of sp³-hybridized carbons (Fsp3) is 0.600. The number of hydrogen-bond acceptors (Lipinski definition) is 2. The molecular weight excluding hydrogens is 200 g/mol. The van der Waals surface area contributed by atoms with Crippen LogP contribution < -0.4 is 0 Å². The van der Waals surface area contributed by atoms with Gasteiger partial charge in [0.2, 0.25) is 0 Å². The van der Waals surface area contributed by atoms with Crippen LogP contribution in [0.25, 0.3) is 0 Å². The zero-order valence-corrected chi connectivity index (χ0v) is 9.29. The molecule has 4 heteroatoms. The fourth-order valence-corrected chi connectivity index (χ4v) is 1.25. The third-order valence-corrected chi connectivity index (χ3v) is 2.25. The number of aromatic nitrogens is 2. The molecule has 0 spiro atoms. The Balaban J connectivity index is 2.55. The van der Waals surface area contributed by atoms with Crippen molar-refractivity contribution in [2.24, 2.45) is 5.92 Å². The standard InChI is InChI=1S/C10H15ClN2O/c1-8(2)3-4-13-7-9(6-12-13)10(14)5-11/h6-8H,3-5H2,1-2H3. The first kappa shape index (κ1) is 11.2. The summed E-state index contributed by atoms with van der Waals surface area (Å²) in [6, 6.07) is 0. The van der Waals surface area contributed by atoms with E-state index in [0.29, 0.717) is 11.5 Å². The normalized spacial score (nSPS) is 10.9. The van der Waals surface area contributed by atoms with Gasteiger partial charge in [0.25, 0.3) is 0 Å². The molecule has 0 aliphatic carbocycles. The largest absolute Gasteiger partial charge is 0.293 e. The fourth-order valence-electron chi connectivity index (χ4n) is 1.10. The zero-order chi connectivity index (χ0) is 10.6. The lowest BCUT2D eigenvalue weighted by Crippen LogP contribution is -2.02. The number of alkyl halides is 1. The van der Waals surface area contributed by atoms with E-state index in [0.717, 1.165) is 13.0 Å². The average Bonchev–Trinajstić information content (AvgIpc) is 2.62. The highest BCUT2D eigenvalue weighted by molar-refractivity contribution is 6.30. The average molecular weight is 215 g/mol. The molecule has 1 rings (SSSR count). The molecule has 0 aliphatic heterocycles. The van der Waals surface area contributed by atoms with Gasteiger partial charge in [0.05, 0.1) is 17.6 Å². The predicted octanol–water partition coefficient (Wildman–Crippen LogP) is 2.35. The number of hydrogen-bond donors (Lipinski definition) is 0. The van der Waals surface area contributed by atoms with Crippen LogP contribution in [0.4, 0.5) is 0 Å². The minimum Gasteiger partial charge on any atom is -0.293 e.